The number of hydrogen-bond acceptors (Lipinski definition) is 7. The Hall–Kier alpha value is -2.95. The lowest BCUT2D eigenvalue weighted by Gasteiger charge is -2.31. The second kappa shape index (κ2) is 12.5. The lowest BCUT2D eigenvalue weighted by molar-refractivity contribution is -0.123. The summed E-state index contributed by atoms with van der Waals surface area (Å²) in [7, 11) is 0. The van der Waals surface area contributed by atoms with Gasteiger partial charge in [-0.15, -0.1) is 11.3 Å². The van der Waals surface area contributed by atoms with Crippen molar-refractivity contribution in [2.45, 2.75) is 75.9 Å². The van der Waals surface area contributed by atoms with E-state index in [2.05, 4.69) is 15.0 Å². The lowest BCUT2D eigenvalue weighted by atomic mass is 9.95. The van der Waals surface area contributed by atoms with E-state index in [4.69, 9.17) is 17.3 Å². The second-order valence-corrected chi connectivity index (χ2v) is 12.3. The van der Waals surface area contributed by atoms with Crippen molar-refractivity contribution in [2.24, 2.45) is 0 Å². The van der Waals surface area contributed by atoms with Gasteiger partial charge >= 0.3 is 0 Å². The van der Waals surface area contributed by atoms with Crippen molar-refractivity contribution < 1.29 is 14.4 Å². The van der Waals surface area contributed by atoms with Crippen molar-refractivity contribution >= 4 is 63.6 Å². The third kappa shape index (κ3) is 6.28. The molecule has 39 heavy (non-hydrogen) atoms. The van der Waals surface area contributed by atoms with Crippen molar-refractivity contribution in [3.05, 3.63) is 62.2 Å². The Labute approximate surface area is 241 Å². The van der Waals surface area contributed by atoms with E-state index in [-0.39, 0.29) is 40.2 Å². The molecule has 2 aliphatic rings. The number of thiophene rings is 1. The molecule has 2 saturated carbocycles. The van der Waals surface area contributed by atoms with Crippen molar-refractivity contribution in [3.8, 4) is 0 Å². The van der Waals surface area contributed by atoms with Crippen molar-refractivity contribution in [2.75, 3.05) is 10.6 Å². The zero-order chi connectivity index (χ0) is 27.4. The van der Waals surface area contributed by atoms with Gasteiger partial charge in [-0.05, 0) is 72.9 Å². The maximum atomic E-state index is 14.2. The van der Waals surface area contributed by atoms with Gasteiger partial charge in [-0.25, -0.2) is 0 Å². The normalized spacial score (nSPS) is 17.1. The van der Waals surface area contributed by atoms with Crippen LogP contribution in [0.3, 0.4) is 0 Å². The topological polar surface area (TPSA) is 117 Å². The smallest absolute Gasteiger partial charge is 0.273 e. The fraction of sp³-hybridized carbons (Fsp3) is 0.429. The highest BCUT2D eigenvalue weighted by molar-refractivity contribution is 7.10. The number of hydrogen-bond donors (Lipinski definition) is 3. The molecule has 2 aromatic heterocycles. The number of nitrogen functional groups attached to an aromatic ring is 1. The highest BCUT2D eigenvalue weighted by Gasteiger charge is 2.37. The van der Waals surface area contributed by atoms with E-state index < -0.39 is 11.9 Å². The third-order valence-corrected chi connectivity index (χ3v) is 9.45. The first-order chi connectivity index (χ1) is 18.9. The molecule has 2 heterocycles. The van der Waals surface area contributed by atoms with E-state index >= 15 is 0 Å². The van der Waals surface area contributed by atoms with E-state index in [1.54, 1.807) is 24.3 Å². The number of carbonyl (C=O) groups is 3. The Bertz CT molecular complexity index is 1300. The van der Waals surface area contributed by atoms with E-state index in [1.165, 1.54) is 22.7 Å². The van der Waals surface area contributed by atoms with Crippen molar-refractivity contribution in [3.63, 3.8) is 0 Å². The van der Waals surface area contributed by atoms with Gasteiger partial charge in [0.2, 0.25) is 5.91 Å². The average molecular weight is 586 g/mol. The molecule has 0 aliphatic heterocycles. The van der Waals surface area contributed by atoms with Gasteiger partial charge in [0.25, 0.3) is 11.8 Å². The van der Waals surface area contributed by atoms with Gasteiger partial charge in [0, 0.05) is 27.7 Å². The summed E-state index contributed by atoms with van der Waals surface area (Å²) in [5.41, 5.74) is 6.96. The summed E-state index contributed by atoms with van der Waals surface area (Å²) in [5.74, 6) is -1.13. The van der Waals surface area contributed by atoms with Gasteiger partial charge in [-0.1, -0.05) is 49.8 Å². The minimum absolute atomic E-state index is 0.0263. The monoisotopic (exact) mass is 585 g/mol. The maximum absolute atomic E-state index is 14.2. The first-order valence-electron chi connectivity index (χ1n) is 13.4. The molecule has 0 radical (unpaired) electrons. The molecular weight excluding hydrogens is 554 g/mol. The van der Waals surface area contributed by atoms with Crippen LogP contribution in [0.5, 0.6) is 0 Å². The van der Waals surface area contributed by atoms with E-state index in [0.717, 1.165) is 62.9 Å². The summed E-state index contributed by atoms with van der Waals surface area (Å²) >= 11 is 8.44. The van der Waals surface area contributed by atoms with Gasteiger partial charge in [0.05, 0.1) is 5.69 Å². The molecule has 5 rings (SSSR count). The largest absolute Gasteiger partial charge is 0.395 e. The van der Waals surface area contributed by atoms with Crippen LogP contribution in [0.2, 0.25) is 5.02 Å². The number of aromatic nitrogens is 1. The fourth-order valence-corrected chi connectivity index (χ4v) is 7.06. The molecule has 0 spiro atoms. The summed E-state index contributed by atoms with van der Waals surface area (Å²) < 4.78 is 4.28. The van der Waals surface area contributed by atoms with Crippen molar-refractivity contribution in [1.82, 2.24) is 15.0 Å². The number of rotatable bonds is 8. The van der Waals surface area contributed by atoms with Crippen LogP contribution in [0.15, 0.2) is 41.8 Å². The number of benzene rings is 1. The molecule has 0 unspecified atom stereocenters. The van der Waals surface area contributed by atoms with Crippen LogP contribution in [-0.2, 0) is 4.79 Å². The highest BCUT2D eigenvalue weighted by atomic mass is 35.5. The van der Waals surface area contributed by atoms with Crippen LogP contribution in [0.25, 0.3) is 0 Å². The fourth-order valence-electron chi connectivity index (χ4n) is 5.38. The van der Waals surface area contributed by atoms with Gasteiger partial charge < -0.3 is 16.4 Å². The summed E-state index contributed by atoms with van der Waals surface area (Å²) in [6.45, 7) is 0. The lowest BCUT2D eigenvalue weighted by Crippen LogP contribution is -2.46. The van der Waals surface area contributed by atoms with Crippen LogP contribution >= 0.6 is 34.5 Å². The molecule has 1 atom stereocenters. The number of anilines is 2. The minimum Gasteiger partial charge on any atom is -0.395 e. The number of nitrogens with two attached hydrogens (primary N) is 1. The third-order valence-electron chi connectivity index (χ3n) is 7.42. The first-order valence-corrected chi connectivity index (χ1v) is 15.4. The van der Waals surface area contributed by atoms with Gasteiger partial charge in [0.15, 0.2) is 11.7 Å². The molecule has 8 nitrogen and oxygen atoms in total. The Morgan fingerprint density at radius 1 is 0.949 bits per heavy atom. The summed E-state index contributed by atoms with van der Waals surface area (Å²) in [4.78, 5) is 43.3. The molecule has 2 aliphatic carbocycles. The SMILES string of the molecule is Nc1c(C(=O)NC2CCCCC2)nsc1C(=O)N(c1ccc(Cl)cc1)[C@@H](C(=O)NC1CCCC1)c1cccs1. The Morgan fingerprint density at radius 3 is 2.23 bits per heavy atom. The zero-order valence-electron chi connectivity index (χ0n) is 21.5. The van der Waals surface area contributed by atoms with Crippen LogP contribution in [0.4, 0.5) is 11.4 Å². The number of amides is 3. The Kier molecular flexibility index (Phi) is 8.84. The summed E-state index contributed by atoms with van der Waals surface area (Å²) in [6, 6.07) is 9.70. The summed E-state index contributed by atoms with van der Waals surface area (Å²) in [6.07, 6.45) is 9.13. The predicted octanol–water partition coefficient (Wildman–Crippen LogP) is 5.95. The van der Waals surface area contributed by atoms with Crippen molar-refractivity contribution in [1.29, 1.82) is 0 Å². The Morgan fingerprint density at radius 2 is 1.59 bits per heavy atom. The maximum Gasteiger partial charge on any atom is 0.273 e. The Balaban J connectivity index is 1.49. The van der Waals surface area contributed by atoms with Gasteiger partial charge in [0.1, 0.15) is 4.88 Å². The molecular formula is C28H32ClN5O3S2. The second-order valence-electron chi connectivity index (χ2n) is 10.1. The van der Waals surface area contributed by atoms with E-state index in [1.807, 2.05) is 17.5 Å². The average Bonchev–Trinajstić information content (AvgIpc) is 3.71. The van der Waals surface area contributed by atoms with Crippen LogP contribution in [-0.4, -0.2) is 34.2 Å². The molecule has 0 bridgehead atoms. The highest BCUT2D eigenvalue weighted by Crippen LogP contribution is 2.36. The summed E-state index contributed by atoms with van der Waals surface area (Å²) in [5, 5.41) is 8.57. The predicted molar refractivity (Wildman–Crippen MR) is 157 cm³/mol. The first kappa shape index (κ1) is 27.6. The van der Waals surface area contributed by atoms with Crippen LogP contribution in [0.1, 0.15) is 88.9 Å². The quantitative estimate of drug-likeness (QED) is 0.302. The minimum atomic E-state index is -0.930. The number of halogens is 1. The molecule has 0 saturated heterocycles. The number of nitrogens with one attached hydrogen (secondary N) is 2. The molecule has 206 valence electrons. The standard InChI is InChI=1S/C28H32ClN5O3S2/c29-17-12-14-20(15-13-17)34(24(21-11-6-16-38-21)27(36)32-19-9-4-5-10-19)28(37)25-22(30)23(33-39-25)26(35)31-18-7-2-1-3-8-18/h6,11-16,18-19,24H,1-5,7-10,30H2,(H,31,35)(H,32,36)/t24-/m1/s1. The van der Waals surface area contributed by atoms with E-state index in [9.17, 15) is 14.4 Å². The van der Waals surface area contributed by atoms with E-state index in [0.29, 0.717) is 15.6 Å². The molecule has 3 amide bonds. The van der Waals surface area contributed by atoms with Crippen LogP contribution < -0.4 is 21.3 Å². The van der Waals surface area contributed by atoms with Crippen LogP contribution in [0, 0.1) is 0 Å². The zero-order valence-corrected chi connectivity index (χ0v) is 23.9. The molecule has 3 aromatic rings. The molecule has 1 aromatic carbocycles. The van der Waals surface area contributed by atoms with Gasteiger partial charge in [-0.3, -0.25) is 19.3 Å². The molecule has 4 N–H and O–H groups in total. The van der Waals surface area contributed by atoms with Gasteiger partial charge in [-0.2, -0.15) is 4.37 Å². The number of nitrogens with zero attached hydrogens (tertiary/aromatic N) is 2. The molecule has 2 fully saturated rings. The number of carbonyl (C=O) groups excluding carboxylic acids is 3. The molecule has 11 heteroatoms.